The summed E-state index contributed by atoms with van der Waals surface area (Å²) in [5.74, 6) is 2.36. The first-order valence-corrected chi connectivity index (χ1v) is 15.2. The minimum absolute atomic E-state index is 0.0258. The summed E-state index contributed by atoms with van der Waals surface area (Å²) in [5, 5.41) is 9.44. The van der Waals surface area contributed by atoms with E-state index in [0.717, 1.165) is 17.8 Å². The van der Waals surface area contributed by atoms with E-state index in [1.165, 1.54) is 69.5 Å². The number of aliphatic hydroxyl groups is 1. The van der Waals surface area contributed by atoms with Gasteiger partial charge in [-0.1, -0.05) is 59.1 Å². The van der Waals surface area contributed by atoms with Crippen molar-refractivity contribution >= 4 is 8.32 Å². The quantitative estimate of drug-likeness (QED) is 0.273. The van der Waals surface area contributed by atoms with Crippen LogP contribution in [0.3, 0.4) is 0 Å². The van der Waals surface area contributed by atoms with Gasteiger partial charge in [0.2, 0.25) is 0 Å². The SMILES string of the molecule is CC[Si](CC)(CC)OC(C)(C)CCC[C@@H](C)[C@H]1CC[C@H]2/C(=C/CO)CCC[C@]12C. The van der Waals surface area contributed by atoms with Crippen molar-refractivity contribution in [3.05, 3.63) is 11.6 Å². The standard InChI is InChI=1S/C26H50O2Si/c1-8-29(9-2,10-3)28-25(5,6)18-11-13-21(4)23-15-16-24-22(17-20-27)14-12-19-26(23,24)7/h17,21,23-24,27H,8-16,18-20H2,1-7H3/b22-17+/t21-,23-,24+,26-/m1/s1. The van der Waals surface area contributed by atoms with Crippen LogP contribution in [-0.2, 0) is 4.43 Å². The highest BCUT2D eigenvalue weighted by Gasteiger charge is 2.50. The van der Waals surface area contributed by atoms with Crippen LogP contribution in [-0.4, -0.2) is 25.6 Å². The van der Waals surface area contributed by atoms with Gasteiger partial charge in [0.15, 0.2) is 8.32 Å². The Morgan fingerprint density at radius 2 is 1.86 bits per heavy atom. The molecule has 0 saturated heterocycles. The third kappa shape index (κ3) is 5.77. The van der Waals surface area contributed by atoms with Gasteiger partial charge < -0.3 is 9.53 Å². The number of rotatable bonds is 11. The van der Waals surface area contributed by atoms with Crippen LogP contribution in [0.25, 0.3) is 0 Å². The highest BCUT2D eigenvalue weighted by molar-refractivity contribution is 6.73. The fraction of sp³-hybridized carbons (Fsp3) is 0.923. The van der Waals surface area contributed by atoms with E-state index in [4.69, 9.17) is 4.43 Å². The van der Waals surface area contributed by atoms with Crippen LogP contribution in [0, 0.1) is 23.2 Å². The fourth-order valence-corrected chi connectivity index (χ4v) is 10.2. The second-order valence-electron chi connectivity index (χ2n) is 11.0. The number of hydrogen-bond acceptors (Lipinski definition) is 2. The zero-order valence-corrected chi connectivity index (χ0v) is 21.7. The van der Waals surface area contributed by atoms with E-state index in [0.29, 0.717) is 5.41 Å². The lowest BCUT2D eigenvalue weighted by atomic mass is 9.60. The van der Waals surface area contributed by atoms with Crippen LogP contribution in [0.2, 0.25) is 18.1 Å². The van der Waals surface area contributed by atoms with Gasteiger partial charge >= 0.3 is 0 Å². The van der Waals surface area contributed by atoms with E-state index in [-0.39, 0.29) is 12.2 Å². The first kappa shape index (κ1) is 25.1. The van der Waals surface area contributed by atoms with Crippen molar-refractivity contribution in [2.45, 2.75) is 124 Å². The van der Waals surface area contributed by atoms with E-state index < -0.39 is 8.32 Å². The Hall–Kier alpha value is -0.123. The van der Waals surface area contributed by atoms with Crippen molar-refractivity contribution in [2.24, 2.45) is 23.2 Å². The van der Waals surface area contributed by atoms with Gasteiger partial charge in [-0.2, -0.15) is 0 Å². The highest BCUT2D eigenvalue weighted by Crippen LogP contribution is 2.59. The molecule has 2 aliphatic carbocycles. The first-order valence-electron chi connectivity index (χ1n) is 12.7. The lowest BCUT2D eigenvalue weighted by Gasteiger charge is -2.44. The molecule has 2 nitrogen and oxygen atoms in total. The molecule has 2 saturated carbocycles. The summed E-state index contributed by atoms with van der Waals surface area (Å²) < 4.78 is 6.83. The first-order chi connectivity index (χ1) is 13.7. The molecule has 2 fully saturated rings. The van der Waals surface area contributed by atoms with Crippen LogP contribution in [0.5, 0.6) is 0 Å². The molecule has 1 N–H and O–H groups in total. The molecule has 0 bridgehead atoms. The molecule has 2 rings (SSSR count). The molecule has 0 aromatic carbocycles. The van der Waals surface area contributed by atoms with Gasteiger partial charge in [0.05, 0.1) is 12.2 Å². The molecule has 0 aromatic heterocycles. The van der Waals surface area contributed by atoms with E-state index in [9.17, 15) is 5.11 Å². The Bertz CT molecular complexity index is 529. The molecular weight excluding hydrogens is 372 g/mol. The highest BCUT2D eigenvalue weighted by atomic mass is 28.4. The molecule has 170 valence electrons. The molecule has 4 atom stereocenters. The second-order valence-corrected chi connectivity index (χ2v) is 15.7. The van der Waals surface area contributed by atoms with Crippen LogP contribution < -0.4 is 0 Å². The minimum atomic E-state index is -1.53. The monoisotopic (exact) mass is 422 g/mol. The largest absolute Gasteiger partial charge is 0.412 e. The van der Waals surface area contributed by atoms with Crippen molar-refractivity contribution in [1.82, 2.24) is 0 Å². The van der Waals surface area contributed by atoms with Gasteiger partial charge in [-0.05, 0) is 93.7 Å². The molecule has 0 aliphatic heterocycles. The predicted molar refractivity (Wildman–Crippen MR) is 129 cm³/mol. The lowest BCUT2D eigenvalue weighted by molar-refractivity contribution is 0.0703. The summed E-state index contributed by atoms with van der Waals surface area (Å²) in [4.78, 5) is 0. The molecule has 0 radical (unpaired) electrons. The van der Waals surface area contributed by atoms with Crippen molar-refractivity contribution < 1.29 is 9.53 Å². The Morgan fingerprint density at radius 3 is 2.45 bits per heavy atom. The number of hydrogen-bond donors (Lipinski definition) is 1. The molecule has 0 unspecified atom stereocenters. The van der Waals surface area contributed by atoms with E-state index in [2.05, 4.69) is 54.5 Å². The number of aliphatic hydroxyl groups excluding tert-OH is 1. The molecule has 0 amide bonds. The maximum atomic E-state index is 9.44. The van der Waals surface area contributed by atoms with Gasteiger partial charge in [-0.3, -0.25) is 0 Å². The maximum Gasteiger partial charge on any atom is 0.192 e. The average molecular weight is 423 g/mol. The summed E-state index contributed by atoms with van der Waals surface area (Å²) in [6.45, 7) is 17.0. The Labute approximate surface area is 183 Å². The van der Waals surface area contributed by atoms with Gasteiger partial charge in [-0.25, -0.2) is 0 Å². The Kier molecular flexibility index (Phi) is 9.07. The molecule has 0 aromatic rings. The third-order valence-corrected chi connectivity index (χ3v) is 13.8. The summed E-state index contributed by atoms with van der Waals surface area (Å²) >= 11 is 0. The van der Waals surface area contributed by atoms with Gasteiger partial charge in [0.1, 0.15) is 0 Å². The van der Waals surface area contributed by atoms with Gasteiger partial charge in [0.25, 0.3) is 0 Å². The summed E-state index contributed by atoms with van der Waals surface area (Å²) in [6, 6.07) is 3.72. The summed E-state index contributed by atoms with van der Waals surface area (Å²) in [6.07, 6.45) is 12.5. The van der Waals surface area contributed by atoms with Crippen molar-refractivity contribution in [3.8, 4) is 0 Å². The normalized spacial score (nSPS) is 30.6. The summed E-state index contributed by atoms with van der Waals surface area (Å²) in [5.41, 5.74) is 2.04. The lowest BCUT2D eigenvalue weighted by Crippen LogP contribution is -2.44. The third-order valence-electron chi connectivity index (χ3n) is 8.94. The van der Waals surface area contributed by atoms with Crippen LogP contribution in [0.1, 0.15) is 99.8 Å². The molecule has 2 aliphatic rings. The summed E-state index contributed by atoms with van der Waals surface area (Å²) in [7, 11) is -1.53. The zero-order valence-electron chi connectivity index (χ0n) is 20.7. The fourth-order valence-electron chi connectivity index (χ4n) is 7.03. The Morgan fingerprint density at radius 1 is 1.21 bits per heavy atom. The molecule has 29 heavy (non-hydrogen) atoms. The van der Waals surface area contributed by atoms with Crippen molar-refractivity contribution in [1.29, 1.82) is 0 Å². The van der Waals surface area contributed by atoms with Crippen LogP contribution >= 0.6 is 0 Å². The minimum Gasteiger partial charge on any atom is -0.412 e. The zero-order chi connectivity index (χ0) is 21.7. The van der Waals surface area contributed by atoms with Crippen molar-refractivity contribution in [2.75, 3.05) is 6.61 Å². The van der Waals surface area contributed by atoms with Crippen LogP contribution in [0.15, 0.2) is 11.6 Å². The smallest absolute Gasteiger partial charge is 0.192 e. The molecule has 0 spiro atoms. The molecular formula is C26H50O2Si. The second kappa shape index (κ2) is 10.5. The topological polar surface area (TPSA) is 29.5 Å². The number of allylic oxidation sites excluding steroid dienone is 1. The van der Waals surface area contributed by atoms with E-state index in [1.807, 2.05) is 0 Å². The number of fused-ring (bicyclic) bond motifs is 1. The van der Waals surface area contributed by atoms with Gasteiger partial charge in [-0.15, -0.1) is 0 Å². The maximum absolute atomic E-state index is 9.44. The molecule has 3 heteroatoms. The van der Waals surface area contributed by atoms with Crippen LogP contribution in [0.4, 0.5) is 0 Å². The predicted octanol–water partition coefficient (Wildman–Crippen LogP) is 7.73. The van der Waals surface area contributed by atoms with E-state index >= 15 is 0 Å². The van der Waals surface area contributed by atoms with Gasteiger partial charge in [0, 0.05) is 0 Å². The van der Waals surface area contributed by atoms with E-state index in [1.54, 1.807) is 5.57 Å². The average Bonchev–Trinajstić information content (AvgIpc) is 3.04. The van der Waals surface area contributed by atoms with Crippen molar-refractivity contribution in [3.63, 3.8) is 0 Å². The Balaban J connectivity index is 1.92. The molecule has 0 heterocycles.